The monoisotopic (exact) mass is 355 g/mol. The molecule has 1 aromatic heterocycles. The highest BCUT2D eigenvalue weighted by Gasteiger charge is 2.47. The second-order valence-corrected chi connectivity index (χ2v) is 6.15. The molecule has 6 nitrogen and oxygen atoms in total. The van der Waals surface area contributed by atoms with Gasteiger partial charge in [0.1, 0.15) is 23.3 Å². The van der Waals surface area contributed by atoms with E-state index >= 15 is 0 Å². The van der Waals surface area contributed by atoms with Gasteiger partial charge in [0.2, 0.25) is 0 Å². The summed E-state index contributed by atoms with van der Waals surface area (Å²) in [4.78, 5) is 26.7. The summed E-state index contributed by atoms with van der Waals surface area (Å²) in [6.45, 7) is 2.58. The van der Waals surface area contributed by atoms with Gasteiger partial charge in [-0.3, -0.25) is 9.59 Å². The SMILES string of the molecule is COCCCN1C(=O)C(=O)/C(=C(\O)c2ccccc2)C1c1ccc(C)o1. The quantitative estimate of drug-likeness (QED) is 0.373. The first-order chi connectivity index (χ1) is 12.5. The zero-order valence-electron chi connectivity index (χ0n) is 14.8. The number of carbonyl (C=O) groups excluding carboxylic acids is 2. The van der Waals surface area contributed by atoms with Crippen LogP contribution in [0.3, 0.4) is 0 Å². The molecule has 0 aliphatic carbocycles. The number of nitrogens with zero attached hydrogens (tertiary/aromatic N) is 1. The average molecular weight is 355 g/mol. The van der Waals surface area contributed by atoms with Crippen LogP contribution >= 0.6 is 0 Å². The molecule has 1 aliphatic rings. The van der Waals surface area contributed by atoms with Crippen molar-refractivity contribution >= 4 is 17.4 Å². The lowest BCUT2D eigenvalue weighted by Crippen LogP contribution is -2.31. The van der Waals surface area contributed by atoms with E-state index in [2.05, 4.69) is 0 Å². The molecule has 2 aromatic rings. The largest absolute Gasteiger partial charge is 0.507 e. The molecule has 1 aliphatic heterocycles. The minimum absolute atomic E-state index is 0.0490. The van der Waals surface area contributed by atoms with Crippen LogP contribution in [-0.2, 0) is 14.3 Å². The highest BCUT2D eigenvalue weighted by atomic mass is 16.5. The first kappa shape index (κ1) is 17.9. The van der Waals surface area contributed by atoms with E-state index in [4.69, 9.17) is 9.15 Å². The van der Waals surface area contributed by atoms with Crippen LogP contribution < -0.4 is 0 Å². The molecule has 136 valence electrons. The number of methoxy groups -OCH3 is 1. The van der Waals surface area contributed by atoms with Crippen molar-refractivity contribution in [1.29, 1.82) is 0 Å². The summed E-state index contributed by atoms with van der Waals surface area (Å²) < 4.78 is 10.7. The number of carbonyl (C=O) groups is 2. The van der Waals surface area contributed by atoms with Crippen molar-refractivity contribution in [2.75, 3.05) is 20.3 Å². The highest BCUT2D eigenvalue weighted by Crippen LogP contribution is 2.39. The molecule has 0 saturated carbocycles. The van der Waals surface area contributed by atoms with Gasteiger partial charge in [-0.2, -0.15) is 0 Å². The predicted octanol–water partition coefficient (Wildman–Crippen LogP) is 3.05. The van der Waals surface area contributed by atoms with Crippen LogP contribution in [0.25, 0.3) is 5.76 Å². The van der Waals surface area contributed by atoms with Gasteiger partial charge in [-0.15, -0.1) is 0 Å². The van der Waals surface area contributed by atoms with Crippen molar-refractivity contribution in [3.63, 3.8) is 0 Å². The standard InChI is InChI=1S/C20H21NO5/c1-13-9-10-15(26-13)17-16(18(22)14-7-4-3-5-8-14)19(23)20(24)21(17)11-6-12-25-2/h3-5,7-10,17,22H,6,11-12H2,1-2H3/b18-16-. The van der Waals surface area contributed by atoms with Crippen molar-refractivity contribution in [3.05, 3.63) is 65.1 Å². The lowest BCUT2D eigenvalue weighted by atomic mass is 9.99. The lowest BCUT2D eigenvalue weighted by molar-refractivity contribution is -0.140. The molecule has 3 rings (SSSR count). The number of aryl methyl sites for hydroxylation is 1. The summed E-state index contributed by atoms with van der Waals surface area (Å²) in [5, 5.41) is 10.7. The van der Waals surface area contributed by atoms with Gasteiger partial charge in [0.15, 0.2) is 0 Å². The third-order valence-electron chi connectivity index (χ3n) is 4.37. The van der Waals surface area contributed by atoms with Crippen LogP contribution in [0.5, 0.6) is 0 Å². The maximum atomic E-state index is 12.7. The molecule has 0 bridgehead atoms. The van der Waals surface area contributed by atoms with E-state index in [-0.39, 0.29) is 11.3 Å². The zero-order valence-corrected chi connectivity index (χ0v) is 14.8. The van der Waals surface area contributed by atoms with Gasteiger partial charge in [0, 0.05) is 25.8 Å². The molecule has 1 atom stereocenters. The number of rotatable bonds is 6. The molecule has 0 radical (unpaired) electrons. The Hall–Kier alpha value is -2.86. The van der Waals surface area contributed by atoms with Gasteiger partial charge in [-0.1, -0.05) is 30.3 Å². The maximum Gasteiger partial charge on any atom is 0.295 e. The predicted molar refractivity (Wildman–Crippen MR) is 95.4 cm³/mol. The molecule has 1 amide bonds. The van der Waals surface area contributed by atoms with E-state index in [1.54, 1.807) is 50.4 Å². The van der Waals surface area contributed by atoms with E-state index in [1.165, 1.54) is 4.90 Å². The first-order valence-electron chi connectivity index (χ1n) is 8.43. The minimum atomic E-state index is -0.749. The lowest BCUT2D eigenvalue weighted by Gasteiger charge is -2.23. The van der Waals surface area contributed by atoms with Crippen molar-refractivity contribution in [2.45, 2.75) is 19.4 Å². The third kappa shape index (κ3) is 3.28. The number of hydrogen-bond acceptors (Lipinski definition) is 5. The van der Waals surface area contributed by atoms with E-state index in [9.17, 15) is 14.7 Å². The van der Waals surface area contributed by atoms with Gasteiger partial charge < -0.3 is 19.2 Å². The Kier molecular flexibility index (Phi) is 5.23. The number of hydrogen-bond donors (Lipinski definition) is 1. The van der Waals surface area contributed by atoms with E-state index in [0.29, 0.717) is 36.7 Å². The number of Topliss-reactive ketones (excluding diaryl/α,β-unsaturated/α-hetero) is 1. The van der Waals surface area contributed by atoms with Gasteiger partial charge in [0.25, 0.3) is 11.7 Å². The Balaban J connectivity index is 2.08. The van der Waals surface area contributed by atoms with Crippen LogP contribution in [0.15, 0.2) is 52.5 Å². The number of aliphatic hydroxyl groups excluding tert-OH is 1. The molecule has 1 unspecified atom stereocenters. The molecule has 1 aromatic carbocycles. The van der Waals surface area contributed by atoms with Crippen molar-refractivity contribution in [3.8, 4) is 0 Å². The molecule has 1 fully saturated rings. The number of likely N-dealkylation sites (tertiary alicyclic amines) is 1. The summed E-state index contributed by atoms with van der Waals surface area (Å²) in [5.41, 5.74) is 0.531. The van der Waals surface area contributed by atoms with Crippen LogP contribution in [0.1, 0.15) is 29.5 Å². The average Bonchev–Trinajstić information content (AvgIpc) is 3.18. The van der Waals surface area contributed by atoms with E-state index < -0.39 is 17.7 Å². The fraction of sp³-hybridized carbons (Fsp3) is 0.300. The second kappa shape index (κ2) is 7.58. The van der Waals surface area contributed by atoms with Gasteiger partial charge in [-0.05, 0) is 25.5 Å². The smallest absolute Gasteiger partial charge is 0.295 e. The van der Waals surface area contributed by atoms with E-state index in [0.717, 1.165) is 0 Å². The van der Waals surface area contributed by atoms with Crippen LogP contribution in [0.4, 0.5) is 0 Å². The Morgan fingerprint density at radius 1 is 1.19 bits per heavy atom. The van der Waals surface area contributed by atoms with Crippen LogP contribution in [0.2, 0.25) is 0 Å². The Bertz CT molecular complexity index is 837. The van der Waals surface area contributed by atoms with Crippen LogP contribution in [-0.4, -0.2) is 42.0 Å². The molecule has 6 heteroatoms. The number of ether oxygens (including phenoxy) is 1. The number of amides is 1. The topological polar surface area (TPSA) is 80.0 Å². The molecule has 26 heavy (non-hydrogen) atoms. The third-order valence-corrected chi connectivity index (χ3v) is 4.37. The number of furan rings is 1. The fourth-order valence-electron chi connectivity index (χ4n) is 3.14. The zero-order chi connectivity index (χ0) is 18.7. The second-order valence-electron chi connectivity index (χ2n) is 6.15. The summed E-state index contributed by atoms with van der Waals surface area (Å²) >= 11 is 0. The molecular formula is C20H21NO5. The number of aliphatic hydroxyl groups is 1. The highest BCUT2D eigenvalue weighted by molar-refractivity contribution is 6.46. The fourth-order valence-corrected chi connectivity index (χ4v) is 3.14. The van der Waals surface area contributed by atoms with E-state index in [1.807, 2.05) is 6.07 Å². The summed E-state index contributed by atoms with van der Waals surface area (Å²) in [7, 11) is 1.58. The van der Waals surface area contributed by atoms with Gasteiger partial charge in [-0.25, -0.2) is 0 Å². The number of ketones is 1. The minimum Gasteiger partial charge on any atom is -0.507 e. The summed E-state index contributed by atoms with van der Waals surface area (Å²) in [6, 6.07) is 11.5. The molecule has 2 heterocycles. The normalized spacial score (nSPS) is 19.3. The van der Waals surface area contributed by atoms with Gasteiger partial charge in [0.05, 0.1) is 5.57 Å². The Morgan fingerprint density at radius 2 is 1.92 bits per heavy atom. The number of benzene rings is 1. The Labute approximate surface area is 151 Å². The van der Waals surface area contributed by atoms with Crippen LogP contribution in [0, 0.1) is 6.92 Å². The first-order valence-corrected chi connectivity index (χ1v) is 8.43. The Morgan fingerprint density at radius 3 is 2.54 bits per heavy atom. The molecular weight excluding hydrogens is 334 g/mol. The van der Waals surface area contributed by atoms with Gasteiger partial charge >= 0.3 is 0 Å². The van der Waals surface area contributed by atoms with Crippen molar-refractivity contribution < 1.29 is 23.8 Å². The summed E-state index contributed by atoms with van der Waals surface area (Å²) in [6.07, 6.45) is 0.574. The van der Waals surface area contributed by atoms with Crippen molar-refractivity contribution in [1.82, 2.24) is 4.90 Å². The summed E-state index contributed by atoms with van der Waals surface area (Å²) in [5.74, 6) is -0.420. The maximum absolute atomic E-state index is 12.7. The molecule has 1 saturated heterocycles. The molecule has 0 spiro atoms. The molecule has 1 N–H and O–H groups in total. The van der Waals surface area contributed by atoms with Crippen molar-refractivity contribution in [2.24, 2.45) is 0 Å².